The molecule has 1 amide bonds. The summed E-state index contributed by atoms with van der Waals surface area (Å²) in [6.07, 6.45) is 40.4. The van der Waals surface area contributed by atoms with E-state index in [-0.39, 0.29) is 19.1 Å². The number of aliphatic hydroxyl groups is 1. The molecule has 302 valence electrons. The maximum atomic E-state index is 12.5. The van der Waals surface area contributed by atoms with Crippen molar-refractivity contribution in [1.82, 2.24) is 5.32 Å². The van der Waals surface area contributed by atoms with Gasteiger partial charge < -0.3 is 19.8 Å². The van der Waals surface area contributed by atoms with Crippen LogP contribution >= 0.6 is 7.82 Å². The van der Waals surface area contributed by atoms with E-state index in [1.54, 1.807) is 6.08 Å². The molecule has 51 heavy (non-hydrogen) atoms. The molecule has 0 saturated carbocycles. The molecule has 0 heterocycles. The Morgan fingerprint density at radius 3 is 1.57 bits per heavy atom. The van der Waals surface area contributed by atoms with E-state index in [2.05, 4.69) is 31.3 Å². The summed E-state index contributed by atoms with van der Waals surface area (Å²) in [5.41, 5.74) is 0. The lowest BCUT2D eigenvalue weighted by atomic mass is 10.0. The van der Waals surface area contributed by atoms with Crippen LogP contribution in [0.5, 0.6) is 0 Å². The molecule has 8 nitrogen and oxygen atoms in total. The summed E-state index contributed by atoms with van der Waals surface area (Å²) >= 11 is 0. The Hall–Kier alpha value is -1.02. The maximum Gasteiger partial charge on any atom is 0.472 e. The molecule has 3 atom stereocenters. The highest BCUT2D eigenvalue weighted by molar-refractivity contribution is 7.47. The molecule has 0 aliphatic rings. The fraction of sp³-hybridized carbons (Fsp3) is 0.881. The first-order valence-corrected chi connectivity index (χ1v) is 22.7. The van der Waals surface area contributed by atoms with Crippen LogP contribution in [0.1, 0.15) is 187 Å². The molecule has 0 aromatic rings. The highest BCUT2D eigenvalue weighted by Gasteiger charge is 2.27. The number of quaternary nitrogens is 1. The quantitative estimate of drug-likeness (QED) is 0.0252. The molecule has 0 aromatic heterocycles. The predicted octanol–water partition coefficient (Wildman–Crippen LogP) is 11.4. The molecule has 3 unspecified atom stereocenters. The minimum atomic E-state index is -4.32. The highest BCUT2D eigenvalue weighted by atomic mass is 31.2. The van der Waals surface area contributed by atoms with E-state index >= 15 is 0 Å². The lowest BCUT2D eigenvalue weighted by Crippen LogP contribution is -2.45. The van der Waals surface area contributed by atoms with Gasteiger partial charge in [-0.1, -0.05) is 173 Å². The summed E-state index contributed by atoms with van der Waals surface area (Å²) in [5.74, 6) is -0.205. The van der Waals surface area contributed by atoms with Crippen LogP contribution < -0.4 is 5.32 Å². The highest BCUT2D eigenvalue weighted by Crippen LogP contribution is 2.43. The molecule has 3 N–H and O–H groups in total. The standard InChI is InChI=1S/C42H83N2O6P/c1-6-8-10-12-13-14-15-16-17-18-19-20-21-22-23-24-25-26-27-28-29-30-31-32-33-35-41(45)40(43-42(46)36-34-11-9-7-2)39-50-51(47,48)49-38-37-44(3,4)5/h29-30,33,35,40-41,45H,6-28,31-32,34,36-39H2,1-5H3,(H-,43,46,47,48)/p+1/b30-29+,35-33+. The molecule has 0 aliphatic heterocycles. The van der Waals surface area contributed by atoms with Crippen molar-refractivity contribution < 1.29 is 32.9 Å². The molecule has 0 spiro atoms. The summed E-state index contributed by atoms with van der Waals surface area (Å²) < 4.78 is 23.3. The first kappa shape index (κ1) is 50.0. The average molecular weight is 744 g/mol. The zero-order valence-electron chi connectivity index (χ0n) is 34.1. The van der Waals surface area contributed by atoms with E-state index in [4.69, 9.17) is 9.05 Å². The summed E-state index contributed by atoms with van der Waals surface area (Å²) in [7, 11) is 1.55. The Morgan fingerprint density at radius 1 is 0.647 bits per heavy atom. The lowest BCUT2D eigenvalue weighted by molar-refractivity contribution is -0.870. The van der Waals surface area contributed by atoms with Crippen molar-refractivity contribution >= 4 is 13.7 Å². The molecule has 0 bridgehead atoms. The van der Waals surface area contributed by atoms with Gasteiger partial charge in [0.05, 0.1) is 39.9 Å². The van der Waals surface area contributed by atoms with Gasteiger partial charge in [0.2, 0.25) is 5.91 Å². The number of phosphoric acid groups is 1. The van der Waals surface area contributed by atoms with E-state index in [1.165, 1.54) is 122 Å². The zero-order chi connectivity index (χ0) is 37.9. The van der Waals surface area contributed by atoms with Gasteiger partial charge in [0.1, 0.15) is 13.2 Å². The minimum Gasteiger partial charge on any atom is -0.387 e. The fourth-order valence-corrected chi connectivity index (χ4v) is 6.73. The number of phosphoric ester groups is 1. The van der Waals surface area contributed by atoms with Crippen LogP contribution in [0.15, 0.2) is 24.3 Å². The second kappa shape index (κ2) is 34.7. The van der Waals surface area contributed by atoms with Gasteiger partial charge in [-0.2, -0.15) is 0 Å². The molecular weight excluding hydrogens is 659 g/mol. The number of hydrogen-bond acceptors (Lipinski definition) is 5. The van der Waals surface area contributed by atoms with Gasteiger partial charge in [-0.25, -0.2) is 4.57 Å². The monoisotopic (exact) mass is 744 g/mol. The van der Waals surface area contributed by atoms with Crippen molar-refractivity contribution in [2.24, 2.45) is 0 Å². The largest absolute Gasteiger partial charge is 0.472 e. The van der Waals surface area contributed by atoms with Gasteiger partial charge in [-0.3, -0.25) is 13.8 Å². The van der Waals surface area contributed by atoms with Crippen LogP contribution in [0.4, 0.5) is 0 Å². The minimum absolute atomic E-state index is 0.0568. The maximum absolute atomic E-state index is 12.5. The Morgan fingerprint density at radius 2 is 1.08 bits per heavy atom. The second-order valence-electron chi connectivity index (χ2n) is 15.7. The predicted molar refractivity (Wildman–Crippen MR) is 217 cm³/mol. The molecular formula is C42H84N2O6P+. The number of carbonyl (C=O) groups excluding carboxylic acids is 1. The first-order valence-electron chi connectivity index (χ1n) is 21.2. The molecule has 0 radical (unpaired) electrons. The van der Waals surface area contributed by atoms with Gasteiger partial charge >= 0.3 is 7.82 Å². The normalized spacial score (nSPS) is 14.7. The number of carbonyl (C=O) groups is 1. The van der Waals surface area contributed by atoms with Gasteiger partial charge in [0.15, 0.2) is 0 Å². The van der Waals surface area contributed by atoms with Crippen molar-refractivity contribution in [3.8, 4) is 0 Å². The van der Waals surface area contributed by atoms with Crippen molar-refractivity contribution in [3.63, 3.8) is 0 Å². The lowest BCUT2D eigenvalue weighted by Gasteiger charge is -2.25. The van der Waals surface area contributed by atoms with Gasteiger partial charge in [0, 0.05) is 6.42 Å². The number of amides is 1. The molecule has 0 fully saturated rings. The first-order chi connectivity index (χ1) is 24.5. The second-order valence-corrected chi connectivity index (χ2v) is 17.2. The molecule has 0 rings (SSSR count). The number of rotatable bonds is 38. The van der Waals surface area contributed by atoms with Crippen LogP contribution in [-0.2, 0) is 18.4 Å². The van der Waals surface area contributed by atoms with E-state index < -0.39 is 20.0 Å². The third kappa shape index (κ3) is 37.1. The number of likely N-dealkylation sites (N-methyl/N-ethyl adjacent to an activating group) is 1. The van der Waals surface area contributed by atoms with Crippen LogP contribution in [0.2, 0.25) is 0 Å². The number of nitrogens with zero attached hydrogens (tertiary/aromatic N) is 1. The van der Waals surface area contributed by atoms with Gasteiger partial charge in [-0.05, 0) is 32.1 Å². The van der Waals surface area contributed by atoms with Crippen molar-refractivity contribution in [3.05, 3.63) is 24.3 Å². The summed E-state index contributed by atoms with van der Waals surface area (Å²) in [5, 5.41) is 13.6. The van der Waals surface area contributed by atoms with Crippen LogP contribution in [-0.4, -0.2) is 73.4 Å². The number of nitrogens with one attached hydrogen (secondary N) is 1. The Bertz CT molecular complexity index is 891. The van der Waals surface area contributed by atoms with E-state index in [0.29, 0.717) is 17.4 Å². The van der Waals surface area contributed by atoms with Gasteiger partial charge in [-0.15, -0.1) is 0 Å². The third-order valence-electron chi connectivity index (χ3n) is 9.42. The van der Waals surface area contributed by atoms with E-state index in [1.807, 2.05) is 27.2 Å². The van der Waals surface area contributed by atoms with Crippen molar-refractivity contribution in [1.29, 1.82) is 0 Å². The average Bonchev–Trinajstić information content (AvgIpc) is 3.07. The number of aliphatic hydroxyl groups excluding tert-OH is 1. The van der Waals surface area contributed by atoms with Crippen molar-refractivity contribution in [2.45, 2.75) is 199 Å². The zero-order valence-corrected chi connectivity index (χ0v) is 35.0. The van der Waals surface area contributed by atoms with Crippen LogP contribution in [0.25, 0.3) is 0 Å². The Kier molecular flexibility index (Phi) is 34.0. The Labute approximate surface area is 315 Å². The molecule has 0 aromatic carbocycles. The van der Waals surface area contributed by atoms with Gasteiger partial charge in [0.25, 0.3) is 0 Å². The topological polar surface area (TPSA) is 105 Å². The summed E-state index contributed by atoms with van der Waals surface area (Å²) in [4.78, 5) is 22.7. The number of allylic oxidation sites excluding steroid dienone is 3. The Balaban J connectivity index is 4.10. The van der Waals surface area contributed by atoms with Crippen LogP contribution in [0.3, 0.4) is 0 Å². The van der Waals surface area contributed by atoms with Crippen molar-refractivity contribution in [2.75, 3.05) is 40.9 Å². The number of unbranched alkanes of at least 4 members (excludes halogenated alkanes) is 23. The molecule has 0 saturated heterocycles. The third-order valence-corrected chi connectivity index (χ3v) is 10.4. The molecule has 9 heteroatoms. The van der Waals surface area contributed by atoms with E-state index in [0.717, 1.165) is 44.9 Å². The smallest absolute Gasteiger partial charge is 0.387 e. The van der Waals surface area contributed by atoms with Crippen LogP contribution in [0, 0.1) is 0 Å². The summed E-state index contributed by atoms with van der Waals surface area (Å²) in [6.45, 7) is 4.66. The molecule has 0 aliphatic carbocycles. The van der Waals surface area contributed by atoms with E-state index in [9.17, 15) is 19.4 Å². The fourth-order valence-electron chi connectivity index (χ4n) is 6.00. The SMILES string of the molecule is CCCCCCCCCCCCCCCCCCCCC/C=C/CC/C=C/C(O)C(COP(=O)(O)OCC[N+](C)(C)C)NC(=O)CCCCCC. The number of hydrogen-bond donors (Lipinski definition) is 3. The summed E-state index contributed by atoms with van der Waals surface area (Å²) in [6, 6.07) is -0.854.